The smallest absolute Gasteiger partial charge is 0.472 e. The minimum Gasteiger partial charge on any atom is -0.472 e. The summed E-state index contributed by atoms with van der Waals surface area (Å²) in [4.78, 5) is 135. The zero-order chi connectivity index (χ0) is 71.1. The molecule has 9 fully saturated rings. The van der Waals surface area contributed by atoms with Crippen molar-refractivity contribution in [2.75, 3.05) is 28.4 Å². The Bertz CT molecular complexity index is 3760. The van der Waals surface area contributed by atoms with Crippen LogP contribution in [0.1, 0.15) is 161 Å². The van der Waals surface area contributed by atoms with Crippen LogP contribution in [0.5, 0.6) is 0 Å². The summed E-state index contributed by atoms with van der Waals surface area (Å²) in [6.45, 7) is 12.5. The predicted octanol–water partition coefficient (Wildman–Crippen LogP) is 9.97. The Labute approximate surface area is 557 Å². The van der Waals surface area contributed by atoms with E-state index >= 15 is 0 Å². The van der Waals surface area contributed by atoms with E-state index in [9.17, 15) is 69.5 Å². The van der Waals surface area contributed by atoms with E-state index in [-0.39, 0.29) is 67.5 Å². The second-order valence-electron chi connectivity index (χ2n) is 29.2. The predicted molar refractivity (Wildman–Crippen MR) is 324 cm³/mol. The summed E-state index contributed by atoms with van der Waals surface area (Å²) in [7, 11) is -0.771. The Balaban J connectivity index is 0.000000158. The normalized spacial score (nSPS) is 38.9. The van der Waals surface area contributed by atoms with E-state index in [1.54, 1.807) is 45.4 Å². The van der Waals surface area contributed by atoms with Gasteiger partial charge in [0.25, 0.3) is 0 Å². The number of furan rings is 3. The number of fused-ring (bicyclic) bond motifs is 9. The molecule has 6 heterocycles. The van der Waals surface area contributed by atoms with Gasteiger partial charge >= 0.3 is 51.4 Å². The first kappa shape index (κ1) is 71.9. The number of likely N-dealkylation sites (N-methyl/N-ethyl adjacent to an activating group) is 1. The second-order valence-corrected chi connectivity index (χ2v) is 30.7. The molecule has 0 radical (unpaired) electrons. The van der Waals surface area contributed by atoms with Crippen molar-refractivity contribution >= 4 is 69.2 Å². The quantitative estimate of drug-likeness (QED) is 0.0346. The third-order valence-electron chi connectivity index (χ3n) is 24.2. The molecule has 3 saturated heterocycles. The van der Waals surface area contributed by atoms with Crippen molar-refractivity contribution in [1.29, 1.82) is 0 Å². The Hall–Kier alpha value is -7.85. The zero-order valence-corrected chi connectivity index (χ0v) is 56.5. The third kappa shape index (κ3) is 12.0. The Morgan fingerprint density at radius 2 is 0.918 bits per heavy atom. The van der Waals surface area contributed by atoms with Crippen LogP contribution in [0.15, 0.2) is 74.1 Å². The lowest BCUT2D eigenvalue weighted by Crippen LogP contribution is -2.66. The number of esters is 6. The molecule has 528 valence electrons. The average Bonchev–Trinajstić information content (AvgIpc) is 1.33. The fourth-order valence-corrected chi connectivity index (χ4v) is 20.1. The number of ketones is 3. The van der Waals surface area contributed by atoms with Gasteiger partial charge in [-0.15, -0.1) is 0 Å². The molecule has 9 aliphatic rings. The second kappa shape index (κ2) is 26.1. The first-order chi connectivity index (χ1) is 45.5. The number of halogens is 3. The number of nitrogens with zero attached hydrogens (tertiary/aromatic N) is 4. The van der Waals surface area contributed by atoms with Crippen molar-refractivity contribution in [3.8, 4) is 0 Å². The Morgan fingerprint density at radius 3 is 1.25 bits per heavy atom. The first-order valence-electron chi connectivity index (χ1n) is 32.3. The van der Waals surface area contributed by atoms with E-state index < -0.39 is 168 Å². The van der Waals surface area contributed by atoms with Crippen LogP contribution in [0, 0.1) is 85.8 Å². The molecule has 0 aromatic carbocycles. The van der Waals surface area contributed by atoms with Gasteiger partial charge in [-0.2, -0.15) is 21.6 Å². The van der Waals surface area contributed by atoms with Gasteiger partial charge in [0.2, 0.25) is 5.91 Å². The van der Waals surface area contributed by atoms with Gasteiger partial charge in [-0.05, 0) is 133 Å². The number of carbonyl (C=O) groups excluding carboxylic acids is 10. The van der Waals surface area contributed by atoms with E-state index in [0.717, 1.165) is 18.2 Å². The molecule has 21 atom stereocenters. The van der Waals surface area contributed by atoms with Crippen LogP contribution in [0.4, 0.5) is 13.2 Å². The molecule has 97 heavy (non-hydrogen) atoms. The minimum absolute atomic E-state index is 0.0850. The number of ether oxygens (including phenoxy) is 6. The number of azide groups is 1. The van der Waals surface area contributed by atoms with Crippen LogP contribution in [-0.2, 0) is 90.7 Å². The first-order valence-corrected chi connectivity index (χ1v) is 33.7. The molecule has 26 nitrogen and oxygen atoms in total. The number of methoxy groups -OCH3 is 3. The van der Waals surface area contributed by atoms with Gasteiger partial charge < -0.3 is 46.6 Å². The maximum atomic E-state index is 14.0. The van der Waals surface area contributed by atoms with Gasteiger partial charge in [-0.1, -0.05) is 46.7 Å². The lowest BCUT2D eigenvalue weighted by Gasteiger charge is -2.61. The monoisotopic (exact) mass is 1380 g/mol. The molecule has 0 bridgehead atoms. The molecule has 0 N–H and O–H groups in total. The molecule has 12 rings (SSSR count). The SMILES string of the molecule is COC(=O)[C@@H]1C[C@@H](N(C)C(C)=O)C(=O)C2[C@@]1(C)CC[C@H]1C(=O)O[C@H](c3ccoc3)C[C@]21C.COC(=O)[C@@H]1C[C@@H](N=[N+]=[N-])C(=O)C2[C@@]1(C)CC[C@H]1C(=O)O[C@H](c3ccoc3)C[C@]21C.COC(=O)[C@@H]1C[C@@H](OS(=O)(=O)C(F)(F)F)C(=O)C2[C@@]1(C)CC[C@H]1C(=O)O[C@H](c3ccoc3)C[C@]21C. The highest BCUT2D eigenvalue weighted by Crippen LogP contribution is 2.69. The zero-order valence-electron chi connectivity index (χ0n) is 55.7. The number of hydrogen-bond acceptors (Lipinski definition) is 23. The van der Waals surface area contributed by atoms with Crippen molar-refractivity contribution in [2.45, 2.75) is 168 Å². The van der Waals surface area contributed by atoms with E-state index in [2.05, 4.69) is 14.2 Å². The van der Waals surface area contributed by atoms with Crippen molar-refractivity contribution < 1.29 is 115 Å². The van der Waals surface area contributed by atoms with Crippen molar-refractivity contribution in [2.24, 2.45) is 90.9 Å². The third-order valence-corrected chi connectivity index (χ3v) is 25.3. The molecule has 3 aromatic heterocycles. The number of Topliss-reactive ketones (excluding diaryl/α,β-unsaturated/α-hetero) is 3. The molecule has 0 spiro atoms. The minimum atomic E-state index is -6.13. The number of rotatable bonds is 10. The van der Waals surface area contributed by atoms with Crippen LogP contribution >= 0.6 is 0 Å². The number of hydrogen-bond donors (Lipinski definition) is 0. The fraction of sp³-hybridized carbons (Fsp3) is 0.672. The number of cyclic esters (lactones) is 3. The highest BCUT2D eigenvalue weighted by atomic mass is 32.2. The summed E-state index contributed by atoms with van der Waals surface area (Å²) < 4.78 is 115. The molecule has 1 amide bonds. The highest BCUT2D eigenvalue weighted by molar-refractivity contribution is 7.87. The summed E-state index contributed by atoms with van der Waals surface area (Å²) >= 11 is 0. The molecular weight excluding hydrogens is 1300 g/mol. The Kier molecular flexibility index (Phi) is 19.4. The van der Waals surface area contributed by atoms with Gasteiger partial charge in [0, 0.05) is 53.3 Å². The summed E-state index contributed by atoms with van der Waals surface area (Å²) in [5.41, 5.74) is 0.0979. The van der Waals surface area contributed by atoms with Crippen LogP contribution < -0.4 is 0 Å². The van der Waals surface area contributed by atoms with Crippen molar-refractivity contribution in [1.82, 2.24) is 4.90 Å². The summed E-state index contributed by atoms with van der Waals surface area (Å²) in [6.07, 6.45) is 8.27. The molecule has 3 aliphatic heterocycles. The largest absolute Gasteiger partial charge is 0.523 e. The fourth-order valence-electron chi connectivity index (χ4n) is 19.5. The molecular formula is C67H81F3N4O22S. The molecule has 6 saturated carbocycles. The van der Waals surface area contributed by atoms with Crippen LogP contribution in [-0.4, -0.2) is 124 Å². The van der Waals surface area contributed by atoms with Crippen LogP contribution in [0.2, 0.25) is 0 Å². The van der Waals surface area contributed by atoms with Gasteiger partial charge in [0.1, 0.15) is 30.2 Å². The topological polar surface area (TPSA) is 361 Å². The number of alkyl halides is 3. The van der Waals surface area contributed by atoms with Gasteiger partial charge in [0.05, 0.1) is 106 Å². The standard InChI is InChI=1S/C24H31NO7.C22H25F3O9S.C21H25N3O6/c1-13(26)25(4)17-10-16(21(28)30-5)23(2)8-6-15-22(29)32-18(14-7-9-31-12-14)11-24(15,3)20(23)19(17)27;1-20-6-4-12-19(28)33-15(11-5-7-32-10-11)9-21(12,2)17(20)16(26)14(8-13(20)18(27)31-3)34-35(29,30)22(23,24)25;1-20-6-4-12-19(27)30-15(11-5-7-29-10-11)9-21(12,2)17(20)16(25)14(23-24-22)8-13(20)18(26)28-3/h7,9,12,15-18,20H,6,8,10-11H2,1-5H3;5,7,10,12-15,17H,4,6,8-9H2,1-3H3;5,7,10,12-15,17H,4,6,8-9H2,1-3H3/t15-,16-,17+,18-,20?,23-,24-;2*12-,13-,14+,15-,17?,20-,21-/m000/s1. The van der Waals surface area contributed by atoms with Gasteiger partial charge in [-0.25, -0.2) is 0 Å². The van der Waals surface area contributed by atoms with Crippen LogP contribution in [0.25, 0.3) is 10.4 Å². The highest BCUT2D eigenvalue weighted by Gasteiger charge is 2.71. The maximum Gasteiger partial charge on any atom is 0.523 e. The average molecular weight is 1380 g/mol. The molecule has 30 heteroatoms. The molecule has 3 aromatic rings. The number of carbonyl (C=O) groups is 10. The van der Waals surface area contributed by atoms with Crippen LogP contribution in [0.3, 0.4) is 0 Å². The van der Waals surface area contributed by atoms with Crippen molar-refractivity contribution in [3.63, 3.8) is 0 Å². The van der Waals surface area contributed by atoms with E-state index in [4.69, 9.17) is 47.2 Å². The maximum absolute atomic E-state index is 14.0. The Morgan fingerprint density at radius 1 is 0.567 bits per heavy atom. The lowest BCUT2D eigenvalue weighted by atomic mass is 9.42. The van der Waals surface area contributed by atoms with Gasteiger partial charge in [-0.3, -0.25) is 52.1 Å². The van der Waals surface area contributed by atoms with Crippen molar-refractivity contribution in [3.05, 3.63) is 82.9 Å². The van der Waals surface area contributed by atoms with E-state index in [1.165, 1.54) is 57.4 Å². The number of amides is 1. The summed E-state index contributed by atoms with van der Waals surface area (Å²) in [5, 5.41) is 3.70. The van der Waals surface area contributed by atoms with E-state index in [0.29, 0.717) is 44.1 Å². The lowest BCUT2D eigenvalue weighted by molar-refractivity contribution is -0.208. The summed E-state index contributed by atoms with van der Waals surface area (Å²) in [5.74, 6) is -10.7. The summed E-state index contributed by atoms with van der Waals surface area (Å²) in [6, 6.07) is 3.39. The van der Waals surface area contributed by atoms with E-state index in [1.807, 2.05) is 27.7 Å². The molecule has 3 unspecified atom stereocenters. The van der Waals surface area contributed by atoms with Gasteiger partial charge in [0.15, 0.2) is 11.6 Å². The molecule has 6 aliphatic carbocycles.